The molecule has 2 N–H and O–H groups in total. The van der Waals surface area contributed by atoms with Crippen LogP contribution in [-0.4, -0.2) is 32.2 Å². The van der Waals surface area contributed by atoms with E-state index in [0.717, 1.165) is 5.56 Å². The number of hydrogen-bond donors (Lipinski definition) is 1. The molecule has 1 unspecified atom stereocenters. The van der Waals surface area contributed by atoms with E-state index in [1.807, 2.05) is 0 Å². The molecule has 0 fully saturated rings. The Morgan fingerprint density at radius 1 is 1.26 bits per heavy atom. The van der Waals surface area contributed by atoms with Gasteiger partial charge in [-0.1, -0.05) is 6.07 Å². The van der Waals surface area contributed by atoms with Gasteiger partial charge in [-0.3, -0.25) is 9.59 Å². The van der Waals surface area contributed by atoms with Gasteiger partial charge in [-0.2, -0.15) is 0 Å². The van der Waals surface area contributed by atoms with Gasteiger partial charge in [-0.15, -0.1) is 0 Å². The van der Waals surface area contributed by atoms with Crippen LogP contribution in [0.4, 0.5) is 0 Å². The van der Waals surface area contributed by atoms with E-state index in [4.69, 9.17) is 15.2 Å². The maximum Gasteiger partial charge on any atom is 0.322 e. The zero-order valence-electron chi connectivity index (χ0n) is 11.1. The minimum atomic E-state index is -0.741. The van der Waals surface area contributed by atoms with Crippen LogP contribution < -0.4 is 15.2 Å². The molecule has 6 heteroatoms. The van der Waals surface area contributed by atoms with Crippen molar-refractivity contribution in [2.24, 2.45) is 5.73 Å². The Morgan fingerprint density at radius 2 is 1.95 bits per heavy atom. The number of ether oxygens (including phenoxy) is 3. The van der Waals surface area contributed by atoms with Gasteiger partial charge in [0.15, 0.2) is 11.5 Å². The van der Waals surface area contributed by atoms with E-state index >= 15 is 0 Å². The molecule has 1 aromatic carbocycles. The molecule has 0 aromatic heterocycles. The zero-order valence-corrected chi connectivity index (χ0v) is 11.1. The molecule has 0 aliphatic rings. The fourth-order valence-corrected chi connectivity index (χ4v) is 1.57. The number of benzene rings is 1. The van der Waals surface area contributed by atoms with Crippen LogP contribution in [0.1, 0.15) is 12.5 Å². The molecule has 0 aliphatic heterocycles. The third-order valence-electron chi connectivity index (χ3n) is 2.44. The highest BCUT2D eigenvalue weighted by molar-refractivity contribution is 5.75. The van der Waals surface area contributed by atoms with Crippen LogP contribution in [0.2, 0.25) is 0 Å². The Labute approximate surface area is 111 Å². The van der Waals surface area contributed by atoms with Crippen molar-refractivity contribution in [1.82, 2.24) is 0 Å². The van der Waals surface area contributed by atoms with E-state index in [2.05, 4.69) is 4.74 Å². The van der Waals surface area contributed by atoms with Gasteiger partial charge in [-0.25, -0.2) is 0 Å². The van der Waals surface area contributed by atoms with Crippen LogP contribution in [0.15, 0.2) is 18.2 Å². The van der Waals surface area contributed by atoms with E-state index < -0.39 is 18.0 Å². The van der Waals surface area contributed by atoms with Crippen molar-refractivity contribution in [3.8, 4) is 11.5 Å². The minimum Gasteiger partial charge on any atom is -0.493 e. The fraction of sp³-hybridized carbons (Fsp3) is 0.385. The molecule has 1 aromatic rings. The summed E-state index contributed by atoms with van der Waals surface area (Å²) in [6, 6.07) is 4.24. The highest BCUT2D eigenvalue weighted by Crippen LogP contribution is 2.28. The highest BCUT2D eigenvalue weighted by atomic mass is 16.6. The van der Waals surface area contributed by atoms with Crippen LogP contribution in [0.5, 0.6) is 11.5 Å². The van der Waals surface area contributed by atoms with E-state index in [1.54, 1.807) is 18.2 Å². The van der Waals surface area contributed by atoms with Crippen molar-refractivity contribution >= 4 is 11.9 Å². The monoisotopic (exact) mass is 267 g/mol. The maximum atomic E-state index is 11.2. The summed E-state index contributed by atoms with van der Waals surface area (Å²) >= 11 is 0. The summed E-state index contributed by atoms with van der Waals surface area (Å²) in [6.07, 6.45) is 0.309. The van der Waals surface area contributed by atoms with E-state index in [1.165, 1.54) is 21.1 Å². The summed E-state index contributed by atoms with van der Waals surface area (Å²) in [5.74, 6) is -0.185. The number of nitrogens with two attached hydrogens (primary N) is 1. The number of carbonyl (C=O) groups excluding carboxylic acids is 2. The van der Waals surface area contributed by atoms with Gasteiger partial charge in [0.2, 0.25) is 0 Å². The molecule has 1 rings (SSSR count). The predicted molar refractivity (Wildman–Crippen MR) is 68.0 cm³/mol. The first-order valence-corrected chi connectivity index (χ1v) is 5.66. The Kier molecular flexibility index (Phi) is 5.32. The lowest BCUT2D eigenvalue weighted by molar-refractivity contribution is -0.142. The topological polar surface area (TPSA) is 87.9 Å². The first kappa shape index (κ1) is 15.0. The molecule has 0 spiro atoms. The third-order valence-corrected chi connectivity index (χ3v) is 2.44. The second-order valence-corrected chi connectivity index (χ2v) is 3.91. The summed E-state index contributed by atoms with van der Waals surface area (Å²) < 4.78 is 14.7. The van der Waals surface area contributed by atoms with Crippen LogP contribution >= 0.6 is 0 Å². The smallest absolute Gasteiger partial charge is 0.322 e. The minimum absolute atomic E-state index is 0.309. The molecule has 0 heterocycles. The zero-order chi connectivity index (χ0) is 14.4. The second-order valence-electron chi connectivity index (χ2n) is 3.91. The van der Waals surface area contributed by atoms with E-state index in [9.17, 15) is 9.59 Å². The summed E-state index contributed by atoms with van der Waals surface area (Å²) in [5, 5.41) is 0. The first-order valence-electron chi connectivity index (χ1n) is 5.66. The SMILES string of the molecule is COC(=O)C(N)Cc1ccc(OC(C)=O)c(OC)c1. The van der Waals surface area contributed by atoms with Crippen LogP contribution in [-0.2, 0) is 20.7 Å². The Balaban J connectivity index is 2.87. The molecule has 104 valence electrons. The average molecular weight is 267 g/mol. The Morgan fingerprint density at radius 3 is 2.47 bits per heavy atom. The van der Waals surface area contributed by atoms with Gasteiger partial charge >= 0.3 is 11.9 Å². The molecule has 0 bridgehead atoms. The predicted octanol–water partition coefficient (Wildman–Crippen LogP) is 0.663. The van der Waals surface area contributed by atoms with E-state index in [-0.39, 0.29) is 0 Å². The lowest BCUT2D eigenvalue weighted by Gasteiger charge is -2.12. The second kappa shape index (κ2) is 6.75. The molecule has 0 aliphatic carbocycles. The highest BCUT2D eigenvalue weighted by Gasteiger charge is 2.16. The molecule has 19 heavy (non-hydrogen) atoms. The molecule has 6 nitrogen and oxygen atoms in total. The molecular weight excluding hydrogens is 250 g/mol. The number of methoxy groups -OCH3 is 2. The van der Waals surface area contributed by atoms with Crippen LogP contribution in [0, 0.1) is 0 Å². The molecule has 0 radical (unpaired) electrons. The summed E-state index contributed by atoms with van der Waals surface area (Å²) in [6.45, 7) is 1.31. The van der Waals surface area contributed by atoms with Crippen molar-refractivity contribution in [3.63, 3.8) is 0 Å². The standard InChI is InChI=1S/C13H17NO5/c1-8(15)19-11-5-4-9(7-12(11)17-2)6-10(14)13(16)18-3/h4-5,7,10H,6,14H2,1-3H3. The lowest BCUT2D eigenvalue weighted by atomic mass is 10.1. The largest absolute Gasteiger partial charge is 0.493 e. The van der Waals surface area contributed by atoms with Crippen molar-refractivity contribution in [2.45, 2.75) is 19.4 Å². The van der Waals surface area contributed by atoms with E-state index in [0.29, 0.717) is 17.9 Å². The molecule has 0 amide bonds. The van der Waals surface area contributed by atoms with Crippen LogP contribution in [0.3, 0.4) is 0 Å². The van der Waals surface area contributed by atoms with Gasteiger partial charge in [0.25, 0.3) is 0 Å². The van der Waals surface area contributed by atoms with Gasteiger partial charge in [-0.05, 0) is 24.1 Å². The number of esters is 2. The average Bonchev–Trinajstić information content (AvgIpc) is 2.38. The molecular formula is C13H17NO5. The van der Waals surface area contributed by atoms with Crippen molar-refractivity contribution in [1.29, 1.82) is 0 Å². The van der Waals surface area contributed by atoms with Crippen molar-refractivity contribution in [3.05, 3.63) is 23.8 Å². The normalized spacial score (nSPS) is 11.6. The molecule has 1 atom stereocenters. The third kappa shape index (κ3) is 4.26. The van der Waals surface area contributed by atoms with Crippen molar-refractivity contribution in [2.75, 3.05) is 14.2 Å². The lowest BCUT2D eigenvalue weighted by Crippen LogP contribution is -2.33. The van der Waals surface area contributed by atoms with Gasteiger partial charge in [0, 0.05) is 6.92 Å². The fourth-order valence-electron chi connectivity index (χ4n) is 1.57. The number of carbonyl (C=O) groups is 2. The maximum absolute atomic E-state index is 11.2. The van der Waals surface area contributed by atoms with Crippen LogP contribution in [0.25, 0.3) is 0 Å². The summed E-state index contributed by atoms with van der Waals surface area (Å²) in [7, 11) is 2.75. The molecule has 0 saturated carbocycles. The van der Waals surface area contributed by atoms with Gasteiger partial charge in [0.05, 0.1) is 14.2 Å². The first-order chi connectivity index (χ1) is 8.97. The Bertz CT molecular complexity index is 472. The Hall–Kier alpha value is -2.08. The molecule has 0 saturated heterocycles. The van der Waals surface area contributed by atoms with Gasteiger partial charge < -0.3 is 19.9 Å². The van der Waals surface area contributed by atoms with Crippen molar-refractivity contribution < 1.29 is 23.8 Å². The summed E-state index contributed by atoms with van der Waals surface area (Å²) in [5.41, 5.74) is 6.45. The number of hydrogen-bond acceptors (Lipinski definition) is 6. The van der Waals surface area contributed by atoms with Gasteiger partial charge in [0.1, 0.15) is 6.04 Å². The summed E-state index contributed by atoms with van der Waals surface area (Å²) in [4.78, 5) is 22.1. The quantitative estimate of drug-likeness (QED) is 0.623. The number of rotatable bonds is 5.